The van der Waals surface area contributed by atoms with Crippen LogP contribution in [0.25, 0.3) is 32.1 Å². The first-order valence-electron chi connectivity index (χ1n) is 15.2. The molecule has 3 saturated heterocycles. The van der Waals surface area contributed by atoms with Gasteiger partial charge in [0.2, 0.25) is 0 Å². The number of nitrogens with zero attached hydrogens (tertiary/aromatic N) is 5. The average molecular weight is 677 g/mol. The van der Waals surface area contributed by atoms with Gasteiger partial charge in [0, 0.05) is 42.4 Å². The Labute approximate surface area is 269 Å². The van der Waals surface area contributed by atoms with Crippen molar-refractivity contribution < 1.29 is 36.2 Å². The molecule has 4 aromatic rings. The highest BCUT2D eigenvalue weighted by Gasteiger charge is 2.49. The number of nitriles is 1. The lowest BCUT2D eigenvalue weighted by atomic mass is 9.91. The molecule has 0 aliphatic carbocycles. The van der Waals surface area contributed by atoms with E-state index in [-0.39, 0.29) is 88.9 Å². The molecule has 0 bridgehead atoms. The SMILES string of the molecule is CC1(O)CCN(c2nc(OCC34CCCN3CC(F)C4)nc3c(F)c(-c4ccc(F)c5sc(N)c(C#N)c45)c(C(F)(F)F)cc23)CC1. The van der Waals surface area contributed by atoms with Crippen LogP contribution < -0.4 is 15.4 Å². The van der Waals surface area contributed by atoms with E-state index in [1.165, 1.54) is 0 Å². The summed E-state index contributed by atoms with van der Waals surface area (Å²) in [6.07, 6.45) is -3.81. The fourth-order valence-corrected chi connectivity index (χ4v) is 8.29. The van der Waals surface area contributed by atoms with E-state index in [4.69, 9.17) is 10.5 Å². The van der Waals surface area contributed by atoms with E-state index >= 15 is 4.39 Å². The lowest BCUT2D eigenvalue weighted by Crippen LogP contribution is -2.44. The van der Waals surface area contributed by atoms with Crippen molar-refractivity contribution in [1.82, 2.24) is 14.9 Å². The number of halogens is 6. The third-order valence-corrected chi connectivity index (χ3v) is 10.8. The molecule has 0 spiro atoms. The standard InChI is InChI=1S/C32H30F6N6O2S/c1-30(45)6-9-43(10-7-30)28-18-11-20(32(36,37)38)23(17-3-4-21(34)26-22(17)19(13-39)27(40)47-26)24(35)25(18)41-29(42-28)46-15-31-5-2-8-44(31)14-16(33)12-31/h3-4,11,16,45H,2,5-10,12,14-15,40H2,1H3. The number of ether oxygens (including phenoxy) is 1. The maximum Gasteiger partial charge on any atom is 0.417 e. The highest BCUT2D eigenvalue weighted by Crippen LogP contribution is 2.48. The number of piperidine rings is 1. The molecule has 15 heteroatoms. The van der Waals surface area contributed by atoms with Gasteiger partial charge in [0.15, 0.2) is 5.82 Å². The minimum Gasteiger partial charge on any atom is -0.461 e. The number of anilines is 2. The monoisotopic (exact) mass is 676 g/mol. The number of fused-ring (bicyclic) bond motifs is 3. The van der Waals surface area contributed by atoms with E-state index in [9.17, 15) is 32.3 Å². The summed E-state index contributed by atoms with van der Waals surface area (Å²) in [7, 11) is 0. The zero-order valence-electron chi connectivity index (χ0n) is 25.2. The van der Waals surface area contributed by atoms with Crippen molar-refractivity contribution in [1.29, 1.82) is 5.26 Å². The molecule has 2 aromatic carbocycles. The van der Waals surface area contributed by atoms with E-state index in [2.05, 4.69) is 9.97 Å². The fourth-order valence-electron chi connectivity index (χ4n) is 7.34. The first-order valence-corrected chi connectivity index (χ1v) is 16.0. The zero-order valence-corrected chi connectivity index (χ0v) is 26.0. The van der Waals surface area contributed by atoms with Crippen molar-refractivity contribution in [3.63, 3.8) is 0 Å². The Hall–Kier alpha value is -3.87. The van der Waals surface area contributed by atoms with E-state index in [0.717, 1.165) is 24.6 Å². The van der Waals surface area contributed by atoms with Crippen LogP contribution in [0, 0.1) is 23.0 Å². The molecule has 3 aliphatic rings. The van der Waals surface area contributed by atoms with Crippen LogP contribution >= 0.6 is 11.3 Å². The minimum absolute atomic E-state index is 0.000479. The Morgan fingerprint density at radius 2 is 1.91 bits per heavy atom. The number of nitrogens with two attached hydrogens (primary N) is 1. The summed E-state index contributed by atoms with van der Waals surface area (Å²) in [6, 6.07) is 4.19. The fraction of sp³-hybridized carbons (Fsp3) is 0.469. The van der Waals surface area contributed by atoms with Crippen LogP contribution in [-0.2, 0) is 6.18 Å². The third-order valence-electron chi connectivity index (χ3n) is 9.77. The Kier molecular flexibility index (Phi) is 7.49. The predicted octanol–water partition coefficient (Wildman–Crippen LogP) is 6.57. The Balaban J connectivity index is 1.45. The van der Waals surface area contributed by atoms with Crippen molar-refractivity contribution >= 4 is 43.1 Å². The van der Waals surface area contributed by atoms with Crippen molar-refractivity contribution in [3.8, 4) is 23.2 Å². The van der Waals surface area contributed by atoms with Crippen LogP contribution in [0.2, 0.25) is 0 Å². The molecule has 2 aromatic heterocycles. The van der Waals surface area contributed by atoms with Crippen LogP contribution in [-0.4, -0.2) is 70.1 Å². The van der Waals surface area contributed by atoms with Crippen LogP contribution in [0.5, 0.6) is 6.01 Å². The summed E-state index contributed by atoms with van der Waals surface area (Å²) in [6.45, 7) is 3.05. The van der Waals surface area contributed by atoms with Crippen LogP contribution in [0.3, 0.4) is 0 Å². The largest absolute Gasteiger partial charge is 0.461 e. The molecule has 248 valence electrons. The molecule has 0 saturated carbocycles. The van der Waals surface area contributed by atoms with Crippen LogP contribution in [0.15, 0.2) is 18.2 Å². The van der Waals surface area contributed by atoms with Gasteiger partial charge in [-0.25, -0.2) is 13.2 Å². The zero-order chi connectivity index (χ0) is 33.5. The number of aliphatic hydroxyl groups is 1. The number of thiophene rings is 1. The summed E-state index contributed by atoms with van der Waals surface area (Å²) in [4.78, 5) is 12.4. The lowest BCUT2D eigenvalue weighted by Gasteiger charge is -2.37. The number of aromatic nitrogens is 2. The first-order chi connectivity index (χ1) is 22.2. The molecule has 3 fully saturated rings. The van der Waals surface area contributed by atoms with Gasteiger partial charge in [0.25, 0.3) is 0 Å². The van der Waals surface area contributed by atoms with Gasteiger partial charge in [-0.2, -0.15) is 28.4 Å². The van der Waals surface area contributed by atoms with Gasteiger partial charge in [0.05, 0.1) is 27.0 Å². The average Bonchev–Trinajstić information content (AvgIpc) is 3.65. The summed E-state index contributed by atoms with van der Waals surface area (Å²) < 4.78 is 96.6. The number of benzene rings is 2. The normalized spacial score (nSPS) is 23.0. The molecule has 47 heavy (non-hydrogen) atoms. The second kappa shape index (κ2) is 11.1. The second-order valence-electron chi connectivity index (χ2n) is 12.9. The second-order valence-corrected chi connectivity index (χ2v) is 14.0. The minimum atomic E-state index is -5.09. The topological polar surface area (TPSA) is 112 Å². The number of hydrogen-bond acceptors (Lipinski definition) is 9. The molecule has 0 amide bonds. The molecular weight excluding hydrogens is 646 g/mol. The van der Waals surface area contributed by atoms with Gasteiger partial charge < -0.3 is 20.5 Å². The maximum atomic E-state index is 16.9. The summed E-state index contributed by atoms with van der Waals surface area (Å²) in [5.41, 5.74) is 0.943. The highest BCUT2D eigenvalue weighted by molar-refractivity contribution is 7.23. The maximum absolute atomic E-state index is 16.9. The molecular formula is C32H30F6N6O2S. The van der Waals surface area contributed by atoms with Crippen molar-refractivity contribution in [2.75, 3.05) is 43.4 Å². The van der Waals surface area contributed by atoms with Crippen molar-refractivity contribution in [2.45, 2.75) is 62.5 Å². The van der Waals surface area contributed by atoms with E-state index in [1.54, 1.807) is 11.8 Å². The van der Waals surface area contributed by atoms with Gasteiger partial charge in [-0.1, -0.05) is 6.07 Å². The van der Waals surface area contributed by atoms with Gasteiger partial charge in [-0.15, -0.1) is 11.3 Å². The lowest BCUT2D eigenvalue weighted by molar-refractivity contribution is -0.137. The molecule has 2 atom stereocenters. The summed E-state index contributed by atoms with van der Waals surface area (Å²) >= 11 is 0.684. The number of alkyl halides is 4. The number of rotatable bonds is 5. The Morgan fingerprint density at radius 1 is 1.17 bits per heavy atom. The summed E-state index contributed by atoms with van der Waals surface area (Å²) in [5, 5.41) is 19.7. The molecule has 8 nitrogen and oxygen atoms in total. The molecule has 2 unspecified atom stereocenters. The van der Waals surface area contributed by atoms with E-state index in [0.29, 0.717) is 24.3 Å². The van der Waals surface area contributed by atoms with Gasteiger partial charge in [0.1, 0.15) is 41.0 Å². The van der Waals surface area contributed by atoms with E-state index in [1.807, 2.05) is 11.0 Å². The smallest absolute Gasteiger partial charge is 0.417 e. The van der Waals surface area contributed by atoms with Crippen LogP contribution in [0.1, 0.15) is 50.2 Å². The summed E-state index contributed by atoms with van der Waals surface area (Å²) in [5.74, 6) is -2.19. The predicted molar refractivity (Wildman–Crippen MR) is 165 cm³/mol. The molecule has 3 N–H and O–H groups in total. The molecule has 3 aliphatic heterocycles. The molecule has 0 radical (unpaired) electrons. The van der Waals surface area contributed by atoms with Gasteiger partial charge >= 0.3 is 12.2 Å². The first kappa shape index (κ1) is 31.7. The molecule has 7 rings (SSSR count). The van der Waals surface area contributed by atoms with E-state index < -0.39 is 51.8 Å². The highest BCUT2D eigenvalue weighted by atomic mass is 32.1. The van der Waals surface area contributed by atoms with Crippen LogP contribution in [0.4, 0.5) is 37.2 Å². The van der Waals surface area contributed by atoms with Gasteiger partial charge in [-0.3, -0.25) is 4.90 Å². The Bertz CT molecular complexity index is 1950. The number of hydrogen-bond donors (Lipinski definition) is 2. The Morgan fingerprint density at radius 3 is 2.62 bits per heavy atom. The third kappa shape index (κ3) is 5.30. The van der Waals surface area contributed by atoms with Gasteiger partial charge in [-0.05, 0) is 56.8 Å². The quantitative estimate of drug-likeness (QED) is 0.229. The molecule has 5 heterocycles. The number of nitrogen functional groups attached to an aromatic ring is 1. The van der Waals surface area contributed by atoms with Crippen molar-refractivity contribution in [3.05, 3.63) is 41.0 Å². The van der Waals surface area contributed by atoms with Crippen molar-refractivity contribution in [2.24, 2.45) is 0 Å².